The second-order valence-corrected chi connectivity index (χ2v) is 6.32. The summed E-state index contributed by atoms with van der Waals surface area (Å²) in [6.45, 7) is 0.129. The number of thioether (sulfide) groups is 1. The minimum atomic E-state index is -4.40. The lowest BCUT2D eigenvalue weighted by molar-refractivity contribution is -0.137. The number of benzene rings is 2. The van der Waals surface area contributed by atoms with Crippen LogP contribution in [0.1, 0.15) is 21.5 Å². The summed E-state index contributed by atoms with van der Waals surface area (Å²) < 4.78 is 62.1. The Kier molecular flexibility index (Phi) is 6.05. The lowest BCUT2D eigenvalue weighted by Gasteiger charge is -2.18. The summed E-state index contributed by atoms with van der Waals surface area (Å²) in [7, 11) is 1.52. The van der Waals surface area contributed by atoms with Crippen molar-refractivity contribution >= 4 is 17.7 Å². The number of halogens is 5. The Labute approximate surface area is 145 Å². The molecule has 0 N–H and O–H groups in total. The minimum Gasteiger partial charge on any atom is -0.337 e. The van der Waals surface area contributed by atoms with Gasteiger partial charge >= 0.3 is 6.18 Å². The van der Waals surface area contributed by atoms with E-state index in [2.05, 4.69) is 0 Å². The van der Waals surface area contributed by atoms with Crippen LogP contribution in [0.4, 0.5) is 22.0 Å². The summed E-state index contributed by atoms with van der Waals surface area (Å²) in [5.41, 5.74) is 0.110. The van der Waals surface area contributed by atoms with Crippen LogP contribution in [0, 0.1) is 0 Å². The van der Waals surface area contributed by atoms with Gasteiger partial charge in [-0.05, 0) is 42.0 Å². The predicted octanol–water partition coefficient (Wildman–Crippen LogP) is 5.29. The van der Waals surface area contributed by atoms with Crippen molar-refractivity contribution in [1.82, 2.24) is 4.90 Å². The van der Waals surface area contributed by atoms with Crippen molar-refractivity contribution in [3.8, 4) is 0 Å². The number of carbonyl (C=O) groups excluding carboxylic acids is 1. The molecule has 0 heterocycles. The van der Waals surface area contributed by atoms with Gasteiger partial charge in [0.05, 0.1) is 5.56 Å². The van der Waals surface area contributed by atoms with Gasteiger partial charge in [-0.1, -0.05) is 23.9 Å². The monoisotopic (exact) mass is 375 g/mol. The summed E-state index contributed by atoms with van der Waals surface area (Å²) in [4.78, 5) is 14.0. The molecule has 2 aromatic rings. The molecule has 0 fully saturated rings. The highest BCUT2D eigenvalue weighted by molar-refractivity contribution is 7.99. The third kappa shape index (κ3) is 5.45. The lowest BCUT2D eigenvalue weighted by atomic mass is 10.1. The van der Waals surface area contributed by atoms with E-state index in [0.29, 0.717) is 27.8 Å². The average Bonchev–Trinajstić information content (AvgIpc) is 2.54. The summed E-state index contributed by atoms with van der Waals surface area (Å²) in [6, 6.07) is 10.3. The van der Waals surface area contributed by atoms with E-state index in [4.69, 9.17) is 0 Å². The van der Waals surface area contributed by atoms with Crippen molar-refractivity contribution in [3.05, 3.63) is 65.2 Å². The zero-order valence-corrected chi connectivity index (χ0v) is 13.9. The van der Waals surface area contributed by atoms with E-state index < -0.39 is 17.5 Å². The van der Waals surface area contributed by atoms with Crippen LogP contribution in [0.25, 0.3) is 0 Å². The van der Waals surface area contributed by atoms with E-state index in [9.17, 15) is 26.7 Å². The smallest absolute Gasteiger partial charge is 0.337 e. The molecule has 0 aliphatic heterocycles. The van der Waals surface area contributed by atoms with Crippen LogP contribution in [0.15, 0.2) is 53.4 Å². The van der Waals surface area contributed by atoms with Gasteiger partial charge in [0.15, 0.2) is 0 Å². The van der Waals surface area contributed by atoms with E-state index >= 15 is 0 Å². The fourth-order valence-electron chi connectivity index (χ4n) is 2.14. The Morgan fingerprint density at radius 3 is 2.08 bits per heavy atom. The van der Waals surface area contributed by atoms with Crippen molar-refractivity contribution in [3.63, 3.8) is 0 Å². The quantitative estimate of drug-likeness (QED) is 0.523. The first-order valence-corrected chi connectivity index (χ1v) is 8.01. The maximum Gasteiger partial charge on any atom is 0.416 e. The van der Waals surface area contributed by atoms with Gasteiger partial charge in [-0.15, -0.1) is 0 Å². The fraction of sp³-hybridized carbons (Fsp3) is 0.235. The van der Waals surface area contributed by atoms with E-state index in [0.717, 1.165) is 12.1 Å². The molecule has 2 rings (SSSR count). The van der Waals surface area contributed by atoms with Crippen LogP contribution < -0.4 is 0 Å². The van der Waals surface area contributed by atoms with Gasteiger partial charge in [-0.2, -0.15) is 22.0 Å². The van der Waals surface area contributed by atoms with Crippen molar-refractivity contribution in [2.45, 2.75) is 23.4 Å². The van der Waals surface area contributed by atoms with Crippen LogP contribution in [-0.2, 0) is 12.7 Å². The Hall–Kier alpha value is -2.09. The number of hydrogen-bond donors (Lipinski definition) is 0. The number of rotatable bonds is 5. The normalized spacial score (nSPS) is 11.6. The molecule has 8 heteroatoms. The third-order valence-corrected chi connectivity index (χ3v) is 4.10. The van der Waals surface area contributed by atoms with Crippen LogP contribution >= 0.6 is 11.8 Å². The second-order valence-electron chi connectivity index (χ2n) is 5.26. The van der Waals surface area contributed by atoms with Gasteiger partial charge in [0.2, 0.25) is 0 Å². The van der Waals surface area contributed by atoms with Gasteiger partial charge in [-0.3, -0.25) is 4.79 Å². The van der Waals surface area contributed by atoms with E-state index in [1.165, 1.54) is 48.3 Å². The molecular formula is C17H14F5NOS. The van der Waals surface area contributed by atoms with Crippen molar-refractivity contribution < 1.29 is 26.7 Å². The molecule has 0 aliphatic carbocycles. The second kappa shape index (κ2) is 7.86. The maximum atomic E-state index is 12.5. The standard InChI is InChI=1S/C17H14F5NOS/c1-23(10-11-2-6-13(7-3-11)17(20,21)22)15(24)12-4-8-14(9-5-12)25-16(18)19/h2-9,16H,10H2,1H3. The lowest BCUT2D eigenvalue weighted by Crippen LogP contribution is -2.26. The van der Waals surface area contributed by atoms with Gasteiger partial charge in [0.25, 0.3) is 11.7 Å². The van der Waals surface area contributed by atoms with Crippen molar-refractivity contribution in [2.75, 3.05) is 7.05 Å². The summed E-state index contributed by atoms with van der Waals surface area (Å²) >= 11 is 0.383. The minimum absolute atomic E-state index is 0.129. The zero-order valence-electron chi connectivity index (χ0n) is 13.1. The molecule has 2 aromatic carbocycles. The maximum absolute atomic E-state index is 12.5. The number of nitrogens with zero attached hydrogens (tertiary/aromatic N) is 1. The summed E-state index contributed by atoms with van der Waals surface area (Å²) in [5.74, 6) is -2.89. The Morgan fingerprint density at radius 1 is 1.04 bits per heavy atom. The topological polar surface area (TPSA) is 20.3 Å². The van der Waals surface area contributed by atoms with Crippen molar-refractivity contribution in [2.24, 2.45) is 0 Å². The summed E-state index contributed by atoms with van der Waals surface area (Å²) in [6.07, 6.45) is -4.40. The predicted molar refractivity (Wildman–Crippen MR) is 85.5 cm³/mol. The number of alkyl halides is 5. The number of hydrogen-bond acceptors (Lipinski definition) is 2. The van der Waals surface area contributed by atoms with Crippen LogP contribution in [0.5, 0.6) is 0 Å². The molecule has 25 heavy (non-hydrogen) atoms. The molecule has 0 aromatic heterocycles. The average molecular weight is 375 g/mol. The molecule has 0 spiro atoms. The Morgan fingerprint density at radius 2 is 1.60 bits per heavy atom. The van der Waals surface area contributed by atoms with Gasteiger partial charge in [0, 0.05) is 24.1 Å². The van der Waals surface area contributed by atoms with Gasteiger partial charge in [0.1, 0.15) is 0 Å². The third-order valence-electron chi connectivity index (χ3n) is 3.37. The highest BCUT2D eigenvalue weighted by Gasteiger charge is 2.30. The molecule has 134 valence electrons. The van der Waals surface area contributed by atoms with Gasteiger partial charge in [-0.25, -0.2) is 0 Å². The van der Waals surface area contributed by atoms with E-state index in [1.807, 2.05) is 0 Å². The fourth-order valence-corrected chi connectivity index (χ4v) is 2.64. The number of carbonyl (C=O) groups is 1. The zero-order chi connectivity index (χ0) is 18.6. The molecule has 1 amide bonds. The molecule has 0 saturated carbocycles. The first-order chi connectivity index (χ1) is 11.7. The van der Waals surface area contributed by atoms with Gasteiger partial charge < -0.3 is 4.90 Å². The SMILES string of the molecule is CN(Cc1ccc(C(F)(F)F)cc1)C(=O)c1ccc(SC(F)F)cc1. The highest BCUT2D eigenvalue weighted by atomic mass is 32.2. The molecule has 0 bridgehead atoms. The van der Waals surface area contributed by atoms with Crippen molar-refractivity contribution in [1.29, 1.82) is 0 Å². The van der Waals surface area contributed by atoms with Crippen LogP contribution in [-0.4, -0.2) is 23.6 Å². The molecule has 2 nitrogen and oxygen atoms in total. The molecule has 0 atom stereocenters. The molecule has 0 radical (unpaired) electrons. The molecule has 0 unspecified atom stereocenters. The molecule has 0 saturated heterocycles. The Bertz CT molecular complexity index is 713. The van der Waals surface area contributed by atoms with Crippen LogP contribution in [0.2, 0.25) is 0 Å². The molecule has 0 aliphatic rings. The Balaban J connectivity index is 2.02. The largest absolute Gasteiger partial charge is 0.416 e. The molecular weight excluding hydrogens is 361 g/mol. The first kappa shape index (κ1) is 19.2. The summed E-state index contributed by atoms with van der Waals surface area (Å²) in [5, 5.41) is 0. The number of amides is 1. The first-order valence-electron chi connectivity index (χ1n) is 7.13. The highest BCUT2D eigenvalue weighted by Crippen LogP contribution is 2.29. The van der Waals surface area contributed by atoms with E-state index in [1.54, 1.807) is 0 Å². The van der Waals surface area contributed by atoms with Crippen LogP contribution in [0.3, 0.4) is 0 Å². The van der Waals surface area contributed by atoms with E-state index in [-0.39, 0.29) is 12.5 Å².